The van der Waals surface area contributed by atoms with Gasteiger partial charge in [0.25, 0.3) is 0 Å². The Morgan fingerprint density at radius 1 is 1.04 bits per heavy atom. The van der Waals surface area contributed by atoms with Gasteiger partial charge in [-0.3, -0.25) is 4.99 Å². The average molecular weight is 309 g/mol. The molecule has 3 nitrogen and oxygen atoms in total. The number of hydrogen-bond acceptors (Lipinski definition) is 3. The number of aliphatic imine (C=N–C) groups is 1. The molecule has 1 atom stereocenters. The van der Waals surface area contributed by atoms with E-state index in [0.717, 1.165) is 16.7 Å². The lowest BCUT2D eigenvalue weighted by Crippen LogP contribution is -2.29. The third-order valence-electron chi connectivity index (χ3n) is 3.19. The first-order valence-electron chi connectivity index (χ1n) is 7.77. The fourth-order valence-corrected chi connectivity index (χ4v) is 2.07. The molecule has 0 aliphatic heterocycles. The van der Waals surface area contributed by atoms with E-state index in [9.17, 15) is 4.79 Å². The topological polar surface area (TPSA) is 38.7 Å². The number of carbonyl (C=O) groups is 1. The molecule has 0 aliphatic rings. The van der Waals surface area contributed by atoms with E-state index in [1.807, 2.05) is 51.1 Å². The van der Waals surface area contributed by atoms with Gasteiger partial charge in [0, 0.05) is 6.21 Å². The molecule has 0 aromatic heterocycles. The fraction of sp³-hybridized carbons (Fsp3) is 0.300. The standard InChI is InChI=1S/C20H23NO2/c1-15(19(22)23-20(2,3)4)21-14-16-9-8-12-18(13-16)17-10-6-5-7-11-17/h5-15H,1-4H3. The van der Waals surface area contributed by atoms with Gasteiger partial charge in [-0.25, -0.2) is 4.79 Å². The van der Waals surface area contributed by atoms with E-state index in [1.54, 1.807) is 13.1 Å². The number of nitrogens with zero attached hydrogens (tertiary/aromatic N) is 1. The molecular formula is C20H23NO2. The number of esters is 1. The summed E-state index contributed by atoms with van der Waals surface area (Å²) in [6, 6.07) is 17.7. The van der Waals surface area contributed by atoms with E-state index in [2.05, 4.69) is 29.3 Å². The smallest absolute Gasteiger partial charge is 0.331 e. The number of rotatable bonds is 4. The number of carbonyl (C=O) groups excluding carboxylic acids is 1. The fourth-order valence-electron chi connectivity index (χ4n) is 2.07. The van der Waals surface area contributed by atoms with Gasteiger partial charge in [0.2, 0.25) is 0 Å². The summed E-state index contributed by atoms with van der Waals surface area (Å²) in [7, 11) is 0. The Morgan fingerprint density at radius 3 is 2.35 bits per heavy atom. The Morgan fingerprint density at radius 2 is 1.70 bits per heavy atom. The molecule has 0 amide bonds. The van der Waals surface area contributed by atoms with Crippen LogP contribution in [0.3, 0.4) is 0 Å². The molecule has 1 unspecified atom stereocenters. The predicted octanol–water partition coefficient (Wildman–Crippen LogP) is 4.50. The molecule has 2 aromatic rings. The summed E-state index contributed by atoms with van der Waals surface area (Å²) in [5.74, 6) is -0.312. The third kappa shape index (κ3) is 5.37. The number of ether oxygens (including phenoxy) is 1. The van der Waals surface area contributed by atoms with Crippen molar-refractivity contribution in [3.63, 3.8) is 0 Å². The summed E-state index contributed by atoms with van der Waals surface area (Å²) in [6.07, 6.45) is 1.72. The van der Waals surface area contributed by atoms with Crippen LogP contribution in [-0.2, 0) is 9.53 Å². The van der Waals surface area contributed by atoms with Crippen LogP contribution in [0.25, 0.3) is 11.1 Å². The van der Waals surface area contributed by atoms with Gasteiger partial charge in [-0.15, -0.1) is 0 Å². The average Bonchev–Trinajstić information content (AvgIpc) is 2.52. The van der Waals surface area contributed by atoms with Crippen LogP contribution in [0, 0.1) is 0 Å². The molecule has 0 saturated carbocycles. The first kappa shape index (κ1) is 16.9. The van der Waals surface area contributed by atoms with Crippen molar-refractivity contribution in [2.45, 2.75) is 39.3 Å². The lowest BCUT2D eigenvalue weighted by molar-refractivity contribution is -0.155. The SMILES string of the molecule is CC(N=Cc1cccc(-c2ccccc2)c1)C(=O)OC(C)(C)C. The minimum Gasteiger partial charge on any atom is -0.458 e. The van der Waals surface area contributed by atoms with Gasteiger partial charge >= 0.3 is 5.97 Å². The van der Waals surface area contributed by atoms with Gasteiger partial charge in [-0.2, -0.15) is 0 Å². The zero-order valence-electron chi connectivity index (χ0n) is 14.1. The Bertz CT molecular complexity index is 684. The van der Waals surface area contributed by atoms with Crippen molar-refractivity contribution >= 4 is 12.2 Å². The van der Waals surface area contributed by atoms with Gasteiger partial charge in [0.1, 0.15) is 11.6 Å². The summed E-state index contributed by atoms with van der Waals surface area (Å²) >= 11 is 0. The van der Waals surface area contributed by atoms with Crippen molar-refractivity contribution in [3.05, 3.63) is 60.2 Å². The second kappa shape index (κ2) is 7.23. The van der Waals surface area contributed by atoms with Crippen molar-refractivity contribution in [2.24, 2.45) is 4.99 Å². The lowest BCUT2D eigenvalue weighted by Gasteiger charge is -2.20. The molecule has 0 saturated heterocycles. The molecule has 0 N–H and O–H groups in total. The molecule has 120 valence electrons. The zero-order chi connectivity index (χ0) is 16.9. The highest BCUT2D eigenvalue weighted by Gasteiger charge is 2.20. The van der Waals surface area contributed by atoms with Crippen molar-refractivity contribution in [1.82, 2.24) is 0 Å². The number of hydrogen-bond donors (Lipinski definition) is 0. The van der Waals surface area contributed by atoms with E-state index in [0.29, 0.717) is 0 Å². The Balaban J connectivity index is 2.10. The van der Waals surface area contributed by atoms with Crippen LogP contribution < -0.4 is 0 Å². The molecule has 0 bridgehead atoms. The molecule has 0 spiro atoms. The van der Waals surface area contributed by atoms with Crippen LogP contribution in [0.1, 0.15) is 33.3 Å². The molecule has 0 aliphatic carbocycles. The van der Waals surface area contributed by atoms with Gasteiger partial charge < -0.3 is 4.74 Å². The minimum atomic E-state index is -0.519. The first-order valence-corrected chi connectivity index (χ1v) is 7.77. The summed E-state index contributed by atoms with van der Waals surface area (Å²) in [4.78, 5) is 16.2. The summed E-state index contributed by atoms with van der Waals surface area (Å²) in [6.45, 7) is 7.30. The van der Waals surface area contributed by atoms with E-state index in [4.69, 9.17) is 4.74 Å². The zero-order valence-corrected chi connectivity index (χ0v) is 14.1. The van der Waals surface area contributed by atoms with Crippen molar-refractivity contribution < 1.29 is 9.53 Å². The number of benzene rings is 2. The van der Waals surface area contributed by atoms with E-state index in [1.165, 1.54) is 0 Å². The highest BCUT2D eigenvalue weighted by molar-refractivity contribution is 5.85. The van der Waals surface area contributed by atoms with Crippen LogP contribution in [0.2, 0.25) is 0 Å². The molecule has 2 aromatic carbocycles. The van der Waals surface area contributed by atoms with Crippen LogP contribution in [0.5, 0.6) is 0 Å². The van der Waals surface area contributed by atoms with Gasteiger partial charge in [-0.05, 0) is 50.5 Å². The Labute approximate surface area is 138 Å². The lowest BCUT2D eigenvalue weighted by atomic mass is 10.0. The van der Waals surface area contributed by atoms with Crippen molar-refractivity contribution in [1.29, 1.82) is 0 Å². The molecular weight excluding hydrogens is 286 g/mol. The summed E-state index contributed by atoms with van der Waals surface area (Å²) in [5.41, 5.74) is 2.75. The summed E-state index contributed by atoms with van der Waals surface area (Å²) in [5, 5.41) is 0. The van der Waals surface area contributed by atoms with E-state index < -0.39 is 11.6 Å². The van der Waals surface area contributed by atoms with Crippen LogP contribution >= 0.6 is 0 Å². The normalized spacial score (nSPS) is 13.0. The maximum absolute atomic E-state index is 11.9. The molecule has 0 radical (unpaired) electrons. The maximum atomic E-state index is 11.9. The van der Waals surface area contributed by atoms with Crippen LogP contribution in [0.15, 0.2) is 59.6 Å². The van der Waals surface area contributed by atoms with Gasteiger partial charge in [0.05, 0.1) is 0 Å². The molecule has 0 fully saturated rings. The largest absolute Gasteiger partial charge is 0.458 e. The second-order valence-electron chi connectivity index (χ2n) is 6.48. The predicted molar refractivity (Wildman–Crippen MR) is 94.8 cm³/mol. The third-order valence-corrected chi connectivity index (χ3v) is 3.19. The second-order valence-corrected chi connectivity index (χ2v) is 6.48. The monoisotopic (exact) mass is 309 g/mol. The molecule has 3 heteroatoms. The molecule has 2 rings (SSSR count). The van der Waals surface area contributed by atoms with Crippen molar-refractivity contribution in [3.8, 4) is 11.1 Å². The maximum Gasteiger partial charge on any atom is 0.331 e. The minimum absolute atomic E-state index is 0.312. The quantitative estimate of drug-likeness (QED) is 0.616. The van der Waals surface area contributed by atoms with Crippen LogP contribution in [0.4, 0.5) is 0 Å². The van der Waals surface area contributed by atoms with Gasteiger partial charge in [-0.1, -0.05) is 48.5 Å². The first-order chi connectivity index (χ1) is 10.8. The van der Waals surface area contributed by atoms with E-state index >= 15 is 0 Å². The summed E-state index contributed by atoms with van der Waals surface area (Å²) < 4.78 is 5.33. The molecule has 0 heterocycles. The Hall–Kier alpha value is -2.42. The van der Waals surface area contributed by atoms with E-state index in [-0.39, 0.29) is 5.97 Å². The van der Waals surface area contributed by atoms with Gasteiger partial charge in [0.15, 0.2) is 0 Å². The Kier molecular flexibility index (Phi) is 5.32. The highest BCUT2D eigenvalue weighted by Crippen LogP contribution is 2.19. The molecule has 23 heavy (non-hydrogen) atoms. The van der Waals surface area contributed by atoms with Crippen LogP contribution in [-0.4, -0.2) is 23.8 Å². The highest BCUT2D eigenvalue weighted by atomic mass is 16.6. The van der Waals surface area contributed by atoms with Crippen molar-refractivity contribution in [2.75, 3.05) is 0 Å².